The van der Waals surface area contributed by atoms with E-state index in [1.54, 1.807) is 4.90 Å². The van der Waals surface area contributed by atoms with Gasteiger partial charge in [0.05, 0.1) is 12.1 Å². The lowest BCUT2D eigenvalue weighted by Crippen LogP contribution is -2.57. The van der Waals surface area contributed by atoms with E-state index in [4.69, 9.17) is 9.47 Å². The van der Waals surface area contributed by atoms with Crippen LogP contribution in [0.25, 0.3) is 0 Å². The molecule has 3 aliphatic rings. The van der Waals surface area contributed by atoms with E-state index in [-0.39, 0.29) is 24.0 Å². The molecule has 1 unspecified atom stereocenters. The molecule has 2 aliphatic heterocycles. The normalized spacial score (nSPS) is 30.0. The minimum Gasteiger partial charge on any atom is -0.379 e. The summed E-state index contributed by atoms with van der Waals surface area (Å²) in [4.78, 5) is 28.5. The number of carbonyl (C=O) groups excluding carboxylic acids is 2. The lowest BCUT2D eigenvalue weighted by Gasteiger charge is -2.40. The average Bonchev–Trinajstić information content (AvgIpc) is 3.19. The van der Waals surface area contributed by atoms with Crippen LogP contribution in [0.1, 0.15) is 25.7 Å². The van der Waals surface area contributed by atoms with Gasteiger partial charge in [0.1, 0.15) is 6.61 Å². The van der Waals surface area contributed by atoms with Crippen molar-refractivity contribution < 1.29 is 19.1 Å². The standard InChI is InChI=1S/C15H24N2O4/c1-20-9-14(19)16-6-4-13(18)17(8-12-2-3-12)15(10-16)5-7-21-11-15/h12H,2-11H2,1H3. The summed E-state index contributed by atoms with van der Waals surface area (Å²) >= 11 is 0. The molecular weight excluding hydrogens is 272 g/mol. The predicted molar refractivity (Wildman–Crippen MR) is 75.7 cm³/mol. The molecule has 2 heterocycles. The lowest BCUT2D eigenvalue weighted by molar-refractivity contribution is -0.139. The Morgan fingerprint density at radius 3 is 2.90 bits per heavy atom. The van der Waals surface area contributed by atoms with Gasteiger partial charge in [-0.3, -0.25) is 9.59 Å². The molecule has 6 heteroatoms. The Morgan fingerprint density at radius 2 is 2.29 bits per heavy atom. The first-order valence-corrected chi connectivity index (χ1v) is 7.79. The van der Waals surface area contributed by atoms with Crippen LogP contribution in [0.15, 0.2) is 0 Å². The number of amides is 2. The summed E-state index contributed by atoms with van der Waals surface area (Å²) in [6.07, 6.45) is 3.66. The van der Waals surface area contributed by atoms with Gasteiger partial charge in [-0.05, 0) is 25.2 Å². The molecule has 3 fully saturated rings. The highest BCUT2D eigenvalue weighted by atomic mass is 16.5. The van der Waals surface area contributed by atoms with E-state index in [1.165, 1.54) is 20.0 Å². The first kappa shape index (κ1) is 14.8. The number of nitrogens with zero attached hydrogens (tertiary/aromatic N) is 2. The molecule has 118 valence electrons. The summed E-state index contributed by atoms with van der Waals surface area (Å²) in [5, 5.41) is 0. The van der Waals surface area contributed by atoms with Crippen molar-refractivity contribution in [2.75, 3.05) is 46.6 Å². The third-order valence-corrected chi connectivity index (χ3v) is 4.80. The van der Waals surface area contributed by atoms with E-state index in [0.29, 0.717) is 38.6 Å². The van der Waals surface area contributed by atoms with Crippen molar-refractivity contribution in [2.45, 2.75) is 31.2 Å². The number of rotatable bonds is 4. The zero-order chi connectivity index (χ0) is 14.9. The van der Waals surface area contributed by atoms with E-state index in [1.807, 2.05) is 4.90 Å². The quantitative estimate of drug-likeness (QED) is 0.747. The summed E-state index contributed by atoms with van der Waals surface area (Å²) in [5.41, 5.74) is -0.320. The van der Waals surface area contributed by atoms with E-state index < -0.39 is 0 Å². The molecule has 1 aliphatic carbocycles. The Balaban J connectivity index is 1.80. The third-order valence-electron chi connectivity index (χ3n) is 4.80. The summed E-state index contributed by atoms with van der Waals surface area (Å²) < 4.78 is 10.6. The van der Waals surface area contributed by atoms with Crippen LogP contribution in [0.2, 0.25) is 0 Å². The summed E-state index contributed by atoms with van der Waals surface area (Å²) in [5.74, 6) is 0.776. The fourth-order valence-electron chi connectivity index (χ4n) is 3.37. The van der Waals surface area contributed by atoms with Crippen molar-refractivity contribution in [3.63, 3.8) is 0 Å². The van der Waals surface area contributed by atoms with Gasteiger partial charge in [-0.2, -0.15) is 0 Å². The Bertz CT molecular complexity index is 416. The molecule has 1 saturated carbocycles. The number of methoxy groups -OCH3 is 1. The highest BCUT2D eigenvalue weighted by Gasteiger charge is 2.48. The van der Waals surface area contributed by atoms with Gasteiger partial charge < -0.3 is 19.3 Å². The Kier molecular flexibility index (Phi) is 4.17. The fourth-order valence-corrected chi connectivity index (χ4v) is 3.37. The summed E-state index contributed by atoms with van der Waals surface area (Å²) in [6.45, 7) is 3.18. The maximum Gasteiger partial charge on any atom is 0.248 e. The molecule has 0 radical (unpaired) electrons. The second-order valence-electron chi connectivity index (χ2n) is 6.47. The van der Waals surface area contributed by atoms with Crippen molar-refractivity contribution in [3.05, 3.63) is 0 Å². The Hall–Kier alpha value is -1.14. The van der Waals surface area contributed by atoms with E-state index >= 15 is 0 Å². The Morgan fingerprint density at radius 1 is 1.48 bits per heavy atom. The first-order chi connectivity index (χ1) is 10.1. The largest absolute Gasteiger partial charge is 0.379 e. The van der Waals surface area contributed by atoms with Gasteiger partial charge >= 0.3 is 0 Å². The van der Waals surface area contributed by atoms with Crippen molar-refractivity contribution in [2.24, 2.45) is 5.92 Å². The highest BCUT2D eigenvalue weighted by molar-refractivity contribution is 5.81. The molecule has 6 nitrogen and oxygen atoms in total. The number of hydrogen-bond donors (Lipinski definition) is 0. The third kappa shape index (κ3) is 3.06. The molecule has 21 heavy (non-hydrogen) atoms. The van der Waals surface area contributed by atoms with Crippen molar-refractivity contribution >= 4 is 11.8 Å². The van der Waals surface area contributed by atoms with E-state index in [2.05, 4.69) is 0 Å². The van der Waals surface area contributed by atoms with E-state index in [9.17, 15) is 9.59 Å². The van der Waals surface area contributed by atoms with Crippen LogP contribution in [-0.2, 0) is 19.1 Å². The topological polar surface area (TPSA) is 59.1 Å². The predicted octanol–water partition coefficient (Wildman–Crippen LogP) is 0.263. The molecule has 0 aromatic heterocycles. The zero-order valence-electron chi connectivity index (χ0n) is 12.7. The van der Waals surface area contributed by atoms with Crippen LogP contribution in [-0.4, -0.2) is 73.7 Å². The van der Waals surface area contributed by atoms with Gasteiger partial charge in [-0.15, -0.1) is 0 Å². The van der Waals surface area contributed by atoms with Crippen LogP contribution >= 0.6 is 0 Å². The van der Waals surface area contributed by atoms with Crippen molar-refractivity contribution in [1.29, 1.82) is 0 Å². The average molecular weight is 296 g/mol. The molecule has 0 aromatic carbocycles. The van der Waals surface area contributed by atoms with Gasteiger partial charge in [-0.25, -0.2) is 0 Å². The number of carbonyl (C=O) groups is 2. The minimum atomic E-state index is -0.320. The molecule has 0 aromatic rings. The molecule has 2 amide bonds. The molecule has 1 atom stereocenters. The van der Waals surface area contributed by atoms with Gasteiger partial charge in [-0.1, -0.05) is 0 Å². The van der Waals surface area contributed by atoms with Crippen molar-refractivity contribution in [1.82, 2.24) is 9.80 Å². The zero-order valence-corrected chi connectivity index (χ0v) is 12.7. The SMILES string of the molecule is COCC(=O)N1CCC(=O)N(CC2CC2)C2(CCOC2)C1. The molecule has 0 bridgehead atoms. The molecule has 3 rings (SSSR count). The monoisotopic (exact) mass is 296 g/mol. The smallest absolute Gasteiger partial charge is 0.248 e. The van der Waals surface area contributed by atoms with Crippen LogP contribution in [0.5, 0.6) is 0 Å². The lowest BCUT2D eigenvalue weighted by atomic mass is 9.95. The molecular formula is C15H24N2O4. The number of hydrogen-bond acceptors (Lipinski definition) is 4. The van der Waals surface area contributed by atoms with Crippen LogP contribution in [0.3, 0.4) is 0 Å². The second kappa shape index (κ2) is 5.93. The summed E-state index contributed by atoms with van der Waals surface area (Å²) in [7, 11) is 1.52. The minimum absolute atomic E-state index is 0.0372. The second-order valence-corrected chi connectivity index (χ2v) is 6.47. The maximum atomic E-state index is 12.6. The van der Waals surface area contributed by atoms with Crippen molar-refractivity contribution in [3.8, 4) is 0 Å². The Labute approximate surface area is 125 Å². The number of ether oxygens (including phenoxy) is 2. The maximum absolute atomic E-state index is 12.6. The van der Waals surface area contributed by atoms with Crippen LogP contribution < -0.4 is 0 Å². The summed E-state index contributed by atoms with van der Waals surface area (Å²) in [6, 6.07) is 0. The van der Waals surface area contributed by atoms with Gasteiger partial charge in [0, 0.05) is 39.8 Å². The fraction of sp³-hybridized carbons (Fsp3) is 0.867. The van der Waals surface area contributed by atoms with Gasteiger partial charge in [0.25, 0.3) is 0 Å². The van der Waals surface area contributed by atoms with Gasteiger partial charge in [0.2, 0.25) is 11.8 Å². The molecule has 1 spiro atoms. The first-order valence-electron chi connectivity index (χ1n) is 7.79. The van der Waals surface area contributed by atoms with Crippen LogP contribution in [0.4, 0.5) is 0 Å². The van der Waals surface area contributed by atoms with Gasteiger partial charge in [0.15, 0.2) is 0 Å². The molecule has 0 N–H and O–H groups in total. The van der Waals surface area contributed by atoms with Crippen LogP contribution in [0, 0.1) is 5.92 Å². The molecule has 2 saturated heterocycles. The van der Waals surface area contributed by atoms with E-state index in [0.717, 1.165) is 13.0 Å². The highest BCUT2D eigenvalue weighted by Crippen LogP contribution is 2.36.